The van der Waals surface area contributed by atoms with Crippen molar-refractivity contribution in [3.63, 3.8) is 0 Å². The van der Waals surface area contributed by atoms with Crippen LogP contribution in [0.2, 0.25) is 0 Å². The predicted molar refractivity (Wildman–Crippen MR) is 46.9 cm³/mol. The number of ether oxygens (including phenoxy) is 2. The Morgan fingerprint density at radius 2 is 1.53 bits per heavy atom. The fourth-order valence-corrected chi connectivity index (χ4v) is 0.915. The standard InChI is InChI=1S/C9H8FNO4/c1-14-8(12)6-3-5(10)4-7(11-6)9(13)15-2/h3-4H,1-2H3. The molecule has 0 amide bonds. The molecule has 0 radical (unpaired) electrons. The summed E-state index contributed by atoms with van der Waals surface area (Å²) in [5.41, 5.74) is -0.559. The predicted octanol–water partition coefficient (Wildman–Crippen LogP) is 0.794. The van der Waals surface area contributed by atoms with Crippen LogP contribution in [0.25, 0.3) is 0 Å². The van der Waals surface area contributed by atoms with Crippen molar-refractivity contribution in [1.82, 2.24) is 4.98 Å². The second-order valence-electron chi connectivity index (χ2n) is 2.54. The van der Waals surface area contributed by atoms with Gasteiger partial charge in [0.1, 0.15) is 5.82 Å². The van der Waals surface area contributed by atoms with Gasteiger partial charge in [-0.25, -0.2) is 19.0 Å². The minimum atomic E-state index is -0.820. The van der Waals surface area contributed by atoms with Gasteiger partial charge in [-0.3, -0.25) is 0 Å². The molecule has 0 aliphatic heterocycles. The molecule has 0 aliphatic carbocycles. The zero-order valence-corrected chi connectivity index (χ0v) is 8.11. The van der Waals surface area contributed by atoms with Crippen molar-refractivity contribution in [2.24, 2.45) is 0 Å². The van der Waals surface area contributed by atoms with Crippen molar-refractivity contribution in [3.05, 3.63) is 29.3 Å². The van der Waals surface area contributed by atoms with Crippen LogP contribution in [0, 0.1) is 5.82 Å². The summed E-state index contributed by atoms with van der Waals surface area (Å²) in [5.74, 6) is -2.40. The number of hydrogen-bond donors (Lipinski definition) is 0. The van der Waals surface area contributed by atoms with Gasteiger partial charge in [0.25, 0.3) is 0 Å². The fraction of sp³-hybridized carbons (Fsp3) is 0.222. The third kappa shape index (κ3) is 2.49. The second-order valence-corrected chi connectivity index (χ2v) is 2.54. The SMILES string of the molecule is COC(=O)c1cc(F)cc(C(=O)OC)n1. The van der Waals surface area contributed by atoms with E-state index in [0.717, 1.165) is 26.4 Å². The third-order valence-corrected chi connectivity index (χ3v) is 1.58. The number of esters is 2. The average Bonchev–Trinajstić information content (AvgIpc) is 2.26. The fourth-order valence-electron chi connectivity index (χ4n) is 0.915. The van der Waals surface area contributed by atoms with Crippen LogP contribution in [-0.4, -0.2) is 31.1 Å². The Kier molecular flexibility index (Phi) is 3.33. The lowest BCUT2D eigenvalue weighted by Gasteiger charge is -2.02. The molecule has 0 saturated carbocycles. The van der Waals surface area contributed by atoms with Gasteiger partial charge in [-0.15, -0.1) is 0 Å². The van der Waals surface area contributed by atoms with Gasteiger partial charge in [0.05, 0.1) is 14.2 Å². The number of hydrogen-bond acceptors (Lipinski definition) is 5. The number of carbonyl (C=O) groups is 2. The molecule has 1 rings (SSSR count). The van der Waals surface area contributed by atoms with E-state index in [9.17, 15) is 14.0 Å². The number of carbonyl (C=O) groups excluding carboxylic acids is 2. The number of methoxy groups -OCH3 is 2. The minimum absolute atomic E-state index is 0.280. The molecule has 0 bridgehead atoms. The summed E-state index contributed by atoms with van der Waals surface area (Å²) in [6.45, 7) is 0. The highest BCUT2D eigenvalue weighted by Gasteiger charge is 2.15. The molecule has 0 spiro atoms. The summed E-state index contributed by atoms with van der Waals surface area (Å²) in [6.07, 6.45) is 0. The molecule has 0 saturated heterocycles. The first-order chi connectivity index (χ1) is 7.08. The van der Waals surface area contributed by atoms with E-state index < -0.39 is 17.8 Å². The highest BCUT2D eigenvalue weighted by Crippen LogP contribution is 2.06. The molecular formula is C9H8FNO4. The number of pyridine rings is 1. The van der Waals surface area contributed by atoms with Crippen molar-refractivity contribution in [2.75, 3.05) is 14.2 Å². The number of aromatic nitrogens is 1. The van der Waals surface area contributed by atoms with E-state index in [4.69, 9.17) is 0 Å². The van der Waals surface area contributed by atoms with Crippen molar-refractivity contribution < 1.29 is 23.5 Å². The number of rotatable bonds is 2. The van der Waals surface area contributed by atoms with Crippen LogP contribution >= 0.6 is 0 Å². The summed E-state index contributed by atoms with van der Waals surface area (Å²) < 4.78 is 21.6. The Bertz CT molecular complexity index is 371. The van der Waals surface area contributed by atoms with Gasteiger partial charge in [0, 0.05) is 12.1 Å². The van der Waals surface area contributed by atoms with Gasteiger partial charge >= 0.3 is 11.9 Å². The quantitative estimate of drug-likeness (QED) is 0.679. The van der Waals surface area contributed by atoms with Gasteiger partial charge < -0.3 is 9.47 Å². The van der Waals surface area contributed by atoms with Crippen molar-refractivity contribution >= 4 is 11.9 Å². The van der Waals surface area contributed by atoms with E-state index in [1.165, 1.54) is 0 Å². The molecule has 6 heteroatoms. The molecule has 0 fully saturated rings. The summed E-state index contributed by atoms with van der Waals surface area (Å²) in [6, 6.07) is 1.75. The summed E-state index contributed by atoms with van der Waals surface area (Å²) >= 11 is 0. The number of nitrogens with zero attached hydrogens (tertiary/aromatic N) is 1. The lowest BCUT2D eigenvalue weighted by Crippen LogP contribution is -2.11. The molecule has 0 N–H and O–H groups in total. The molecule has 1 heterocycles. The van der Waals surface area contributed by atoms with E-state index >= 15 is 0 Å². The molecule has 15 heavy (non-hydrogen) atoms. The van der Waals surface area contributed by atoms with Crippen molar-refractivity contribution in [1.29, 1.82) is 0 Å². The first kappa shape index (κ1) is 11.1. The first-order valence-corrected chi connectivity index (χ1v) is 3.92. The van der Waals surface area contributed by atoms with Gasteiger partial charge in [-0.05, 0) is 0 Å². The molecule has 1 aromatic rings. The summed E-state index contributed by atoms with van der Waals surface area (Å²) in [5, 5.41) is 0. The van der Waals surface area contributed by atoms with Gasteiger partial charge in [0.2, 0.25) is 0 Å². The maximum Gasteiger partial charge on any atom is 0.356 e. The van der Waals surface area contributed by atoms with Crippen LogP contribution in [0.1, 0.15) is 21.0 Å². The van der Waals surface area contributed by atoms with Crippen molar-refractivity contribution in [2.45, 2.75) is 0 Å². The minimum Gasteiger partial charge on any atom is -0.464 e. The molecular weight excluding hydrogens is 205 g/mol. The van der Waals surface area contributed by atoms with Crippen LogP contribution < -0.4 is 0 Å². The second kappa shape index (κ2) is 4.50. The van der Waals surface area contributed by atoms with E-state index in [1.807, 2.05) is 0 Å². The summed E-state index contributed by atoms with van der Waals surface area (Å²) in [4.78, 5) is 25.6. The molecule has 5 nitrogen and oxygen atoms in total. The molecule has 1 aromatic heterocycles. The number of halogens is 1. The largest absolute Gasteiger partial charge is 0.464 e. The van der Waals surface area contributed by atoms with E-state index in [1.54, 1.807) is 0 Å². The Hall–Kier alpha value is -1.98. The average molecular weight is 213 g/mol. The zero-order valence-electron chi connectivity index (χ0n) is 8.11. The first-order valence-electron chi connectivity index (χ1n) is 3.92. The molecule has 0 atom stereocenters. The van der Waals surface area contributed by atoms with E-state index in [-0.39, 0.29) is 11.4 Å². The normalized spacial score (nSPS) is 9.53. The smallest absolute Gasteiger partial charge is 0.356 e. The maximum atomic E-state index is 13.0. The van der Waals surface area contributed by atoms with Gasteiger partial charge in [-0.1, -0.05) is 0 Å². The third-order valence-electron chi connectivity index (χ3n) is 1.58. The van der Waals surface area contributed by atoms with Gasteiger partial charge in [-0.2, -0.15) is 0 Å². The maximum absolute atomic E-state index is 13.0. The Morgan fingerprint density at radius 1 is 1.13 bits per heavy atom. The molecule has 80 valence electrons. The van der Waals surface area contributed by atoms with Crippen molar-refractivity contribution in [3.8, 4) is 0 Å². The van der Waals surface area contributed by atoms with E-state index in [0.29, 0.717) is 0 Å². The van der Waals surface area contributed by atoms with Crippen LogP contribution in [0.3, 0.4) is 0 Å². The topological polar surface area (TPSA) is 65.5 Å². The Morgan fingerprint density at radius 3 is 1.87 bits per heavy atom. The monoisotopic (exact) mass is 213 g/mol. The lowest BCUT2D eigenvalue weighted by atomic mass is 10.3. The zero-order chi connectivity index (χ0) is 11.4. The summed E-state index contributed by atoms with van der Waals surface area (Å²) in [7, 11) is 2.26. The van der Waals surface area contributed by atoms with Crippen LogP contribution in [0.15, 0.2) is 12.1 Å². The van der Waals surface area contributed by atoms with Crippen LogP contribution in [-0.2, 0) is 9.47 Å². The lowest BCUT2D eigenvalue weighted by molar-refractivity contribution is 0.0584. The van der Waals surface area contributed by atoms with Gasteiger partial charge in [0.15, 0.2) is 11.4 Å². The van der Waals surface area contributed by atoms with Crippen LogP contribution in [0.4, 0.5) is 4.39 Å². The Labute approximate surface area is 84.8 Å². The molecule has 0 aliphatic rings. The Balaban J connectivity index is 3.16. The van der Waals surface area contributed by atoms with E-state index in [2.05, 4.69) is 14.5 Å². The van der Waals surface area contributed by atoms with Crippen LogP contribution in [0.5, 0.6) is 0 Å². The molecule has 0 aromatic carbocycles. The highest BCUT2D eigenvalue weighted by atomic mass is 19.1. The molecule has 0 unspecified atom stereocenters. The highest BCUT2D eigenvalue weighted by molar-refractivity contribution is 5.91.